The fourth-order valence-electron chi connectivity index (χ4n) is 4.53. The van der Waals surface area contributed by atoms with Crippen LogP contribution in [-0.2, 0) is 9.59 Å². The highest BCUT2D eigenvalue weighted by molar-refractivity contribution is 6.02. The number of nitrogens with one attached hydrogen (secondary N) is 1. The van der Waals surface area contributed by atoms with Gasteiger partial charge in [0.05, 0.1) is 23.3 Å². The van der Waals surface area contributed by atoms with Crippen LogP contribution < -0.4 is 10.2 Å². The second-order valence-electron chi connectivity index (χ2n) is 9.21. The molecule has 2 aromatic rings. The molecule has 1 amide bonds. The first-order chi connectivity index (χ1) is 14.2. The minimum Gasteiger partial charge on any atom is -0.357 e. The van der Waals surface area contributed by atoms with Crippen LogP contribution in [0.25, 0.3) is 0 Å². The van der Waals surface area contributed by atoms with Crippen LogP contribution >= 0.6 is 0 Å². The summed E-state index contributed by atoms with van der Waals surface area (Å²) in [6.07, 6.45) is 2.50. The molecule has 1 heterocycles. The number of para-hydroxylation sites is 2. The zero-order valence-electron chi connectivity index (χ0n) is 17.8. The Morgan fingerprint density at radius 3 is 2.47 bits per heavy atom. The third-order valence-electron chi connectivity index (χ3n) is 5.84. The molecule has 30 heavy (non-hydrogen) atoms. The summed E-state index contributed by atoms with van der Waals surface area (Å²) in [7, 11) is 0. The standard InChI is InChI=1S/C25H27FN2O2/c1-15(2)24(30)28-20-8-6-5-7-18(20)27-19-13-25(3,4)14-21(29)22(19)23(28)16-9-11-17(26)12-10-16/h5-13,15,22-23,27H,14H2,1-4H3. The number of ketones is 1. The molecule has 1 aliphatic carbocycles. The molecule has 0 saturated heterocycles. The summed E-state index contributed by atoms with van der Waals surface area (Å²) in [6.45, 7) is 7.79. The van der Waals surface area contributed by atoms with Gasteiger partial charge in [0.25, 0.3) is 0 Å². The van der Waals surface area contributed by atoms with Gasteiger partial charge in [-0.05, 0) is 35.2 Å². The molecular formula is C25H27FN2O2. The Kier molecular flexibility index (Phi) is 5.00. The molecule has 1 aliphatic heterocycles. The maximum absolute atomic E-state index is 13.7. The van der Waals surface area contributed by atoms with Crippen molar-refractivity contribution in [2.45, 2.75) is 40.2 Å². The summed E-state index contributed by atoms with van der Waals surface area (Å²) in [5.41, 5.74) is 2.78. The Bertz CT molecular complexity index is 1020. The van der Waals surface area contributed by atoms with E-state index in [1.54, 1.807) is 17.0 Å². The van der Waals surface area contributed by atoms with Crippen molar-refractivity contribution in [3.8, 4) is 0 Å². The number of rotatable bonds is 2. The van der Waals surface area contributed by atoms with Gasteiger partial charge in [0, 0.05) is 18.0 Å². The first-order valence-electron chi connectivity index (χ1n) is 10.4. The molecule has 5 heteroatoms. The Labute approximate surface area is 176 Å². The Balaban J connectivity index is 2.00. The van der Waals surface area contributed by atoms with E-state index in [1.807, 2.05) is 52.0 Å². The van der Waals surface area contributed by atoms with Crippen LogP contribution in [0.1, 0.15) is 45.7 Å². The molecule has 4 nitrogen and oxygen atoms in total. The predicted molar refractivity (Wildman–Crippen MR) is 117 cm³/mol. The Morgan fingerprint density at radius 1 is 1.13 bits per heavy atom. The van der Waals surface area contributed by atoms with Gasteiger partial charge < -0.3 is 10.2 Å². The second kappa shape index (κ2) is 7.38. The molecule has 0 fully saturated rings. The Hall–Kier alpha value is -2.95. The molecule has 0 radical (unpaired) electrons. The number of nitrogens with zero attached hydrogens (tertiary/aromatic N) is 1. The summed E-state index contributed by atoms with van der Waals surface area (Å²) >= 11 is 0. The zero-order chi connectivity index (χ0) is 21.6. The van der Waals surface area contributed by atoms with Gasteiger partial charge in [-0.15, -0.1) is 0 Å². The van der Waals surface area contributed by atoms with Gasteiger partial charge >= 0.3 is 0 Å². The van der Waals surface area contributed by atoms with E-state index in [2.05, 4.69) is 11.4 Å². The average molecular weight is 407 g/mol. The van der Waals surface area contributed by atoms with E-state index in [-0.39, 0.29) is 28.8 Å². The van der Waals surface area contributed by atoms with Crippen molar-refractivity contribution in [2.75, 3.05) is 10.2 Å². The van der Waals surface area contributed by atoms with Crippen LogP contribution in [0.2, 0.25) is 0 Å². The highest BCUT2D eigenvalue weighted by Crippen LogP contribution is 2.48. The monoisotopic (exact) mass is 406 g/mol. The molecule has 4 rings (SSSR count). The van der Waals surface area contributed by atoms with Crippen LogP contribution in [0.4, 0.5) is 15.8 Å². The number of carbonyl (C=O) groups is 2. The largest absolute Gasteiger partial charge is 0.357 e. The SMILES string of the molecule is CC(C)C(=O)N1c2ccccc2NC2=CC(C)(C)CC(=O)C2C1c1ccc(F)cc1. The van der Waals surface area contributed by atoms with Gasteiger partial charge in [-0.3, -0.25) is 9.59 Å². The second-order valence-corrected chi connectivity index (χ2v) is 9.21. The lowest BCUT2D eigenvalue weighted by Crippen LogP contribution is -2.45. The molecule has 2 aromatic carbocycles. The molecule has 156 valence electrons. The summed E-state index contributed by atoms with van der Waals surface area (Å²) in [4.78, 5) is 28.6. The first-order valence-corrected chi connectivity index (χ1v) is 10.4. The van der Waals surface area contributed by atoms with Crippen LogP contribution in [0.3, 0.4) is 0 Å². The number of allylic oxidation sites excluding steroid dienone is 1. The van der Waals surface area contributed by atoms with Gasteiger partial charge in [-0.2, -0.15) is 0 Å². The van der Waals surface area contributed by atoms with Gasteiger partial charge in [0.1, 0.15) is 11.6 Å². The summed E-state index contributed by atoms with van der Waals surface area (Å²) in [5, 5.41) is 3.45. The number of hydrogen-bond acceptors (Lipinski definition) is 3. The lowest BCUT2D eigenvalue weighted by Gasteiger charge is -2.39. The minimum atomic E-state index is -0.550. The fourth-order valence-corrected chi connectivity index (χ4v) is 4.53. The molecule has 1 N–H and O–H groups in total. The van der Waals surface area contributed by atoms with Crippen molar-refractivity contribution in [3.63, 3.8) is 0 Å². The van der Waals surface area contributed by atoms with Crippen LogP contribution in [-0.4, -0.2) is 11.7 Å². The van der Waals surface area contributed by atoms with Gasteiger partial charge in [0.15, 0.2) is 0 Å². The molecule has 0 saturated carbocycles. The minimum absolute atomic E-state index is 0.0718. The predicted octanol–water partition coefficient (Wildman–Crippen LogP) is 5.48. The van der Waals surface area contributed by atoms with E-state index in [0.717, 1.165) is 22.6 Å². The molecule has 2 atom stereocenters. The van der Waals surface area contributed by atoms with Crippen LogP contribution in [0.5, 0.6) is 0 Å². The van der Waals surface area contributed by atoms with Crippen LogP contribution in [0.15, 0.2) is 60.3 Å². The smallest absolute Gasteiger partial charge is 0.230 e. The number of carbonyl (C=O) groups excluding carboxylic acids is 2. The summed E-state index contributed by atoms with van der Waals surface area (Å²) in [5.74, 6) is -1.15. The highest BCUT2D eigenvalue weighted by Gasteiger charge is 2.46. The fraction of sp³-hybridized carbons (Fsp3) is 0.360. The van der Waals surface area contributed by atoms with Crippen molar-refractivity contribution < 1.29 is 14.0 Å². The highest BCUT2D eigenvalue weighted by atomic mass is 19.1. The van der Waals surface area contributed by atoms with Crippen LogP contribution in [0, 0.1) is 23.1 Å². The molecule has 0 aromatic heterocycles. The lowest BCUT2D eigenvalue weighted by molar-refractivity contribution is -0.125. The molecule has 2 aliphatic rings. The maximum Gasteiger partial charge on any atom is 0.230 e. The molecule has 0 bridgehead atoms. The third kappa shape index (κ3) is 3.53. The van der Waals surface area contributed by atoms with Crippen molar-refractivity contribution in [2.24, 2.45) is 17.3 Å². The molecule has 2 unspecified atom stereocenters. The van der Waals surface area contributed by atoms with Gasteiger partial charge in [-0.25, -0.2) is 4.39 Å². The van der Waals surface area contributed by atoms with Crippen molar-refractivity contribution >= 4 is 23.1 Å². The maximum atomic E-state index is 13.7. The number of Topliss-reactive ketones (excluding diaryl/α,β-unsaturated/α-hetero) is 1. The van der Waals surface area contributed by atoms with Crippen molar-refractivity contribution in [1.82, 2.24) is 0 Å². The number of hydrogen-bond donors (Lipinski definition) is 1. The van der Waals surface area contributed by atoms with E-state index in [4.69, 9.17) is 0 Å². The number of anilines is 2. The van der Waals surface area contributed by atoms with E-state index in [1.165, 1.54) is 12.1 Å². The number of halogens is 1. The number of amides is 1. The molecular weight excluding hydrogens is 379 g/mol. The number of benzene rings is 2. The Morgan fingerprint density at radius 2 is 1.80 bits per heavy atom. The van der Waals surface area contributed by atoms with Crippen molar-refractivity contribution in [3.05, 3.63) is 71.7 Å². The number of fused-ring (bicyclic) bond motifs is 2. The molecule has 0 spiro atoms. The summed E-state index contributed by atoms with van der Waals surface area (Å²) in [6, 6.07) is 13.2. The van der Waals surface area contributed by atoms with E-state index in [0.29, 0.717) is 6.42 Å². The topological polar surface area (TPSA) is 49.4 Å². The van der Waals surface area contributed by atoms with Crippen molar-refractivity contribution in [1.29, 1.82) is 0 Å². The van der Waals surface area contributed by atoms with E-state index < -0.39 is 12.0 Å². The van der Waals surface area contributed by atoms with E-state index >= 15 is 0 Å². The van der Waals surface area contributed by atoms with E-state index in [9.17, 15) is 14.0 Å². The third-order valence-corrected chi connectivity index (χ3v) is 5.84. The first kappa shape index (κ1) is 20.3. The average Bonchev–Trinajstić information content (AvgIpc) is 2.81. The zero-order valence-corrected chi connectivity index (χ0v) is 17.8. The summed E-state index contributed by atoms with van der Waals surface area (Å²) < 4.78 is 13.7. The van der Waals surface area contributed by atoms with Gasteiger partial charge in [-0.1, -0.05) is 58.0 Å². The lowest BCUT2D eigenvalue weighted by atomic mass is 9.72. The normalized spacial score (nSPS) is 22.5. The van der Waals surface area contributed by atoms with Gasteiger partial charge in [0.2, 0.25) is 5.91 Å². The quantitative estimate of drug-likeness (QED) is 0.718.